The average molecular weight is 474 g/mol. The van der Waals surface area contributed by atoms with Gasteiger partial charge in [-0.1, -0.05) is 75.7 Å². The molecule has 0 bridgehead atoms. The molecule has 0 fully saturated rings. The SMILES string of the molecule is CC(C)CCC(CC(C)C(=O)O)c1ncnn1Cc1ccc(-c2ccccc2-c2nn[nH]n2)cc1. The molecular formula is C26H31N7O2. The Labute approximate surface area is 204 Å². The molecular weight excluding hydrogens is 442 g/mol. The van der Waals surface area contributed by atoms with Crippen LogP contribution in [-0.2, 0) is 11.3 Å². The molecule has 0 radical (unpaired) electrons. The fourth-order valence-corrected chi connectivity index (χ4v) is 4.29. The lowest BCUT2D eigenvalue weighted by atomic mass is 9.89. The quantitative estimate of drug-likeness (QED) is 0.321. The Hall–Kier alpha value is -3.88. The summed E-state index contributed by atoms with van der Waals surface area (Å²) >= 11 is 0. The van der Waals surface area contributed by atoms with Crippen molar-refractivity contribution in [2.75, 3.05) is 0 Å². The van der Waals surface area contributed by atoms with E-state index < -0.39 is 11.9 Å². The smallest absolute Gasteiger partial charge is 0.306 e. The summed E-state index contributed by atoms with van der Waals surface area (Å²) < 4.78 is 1.90. The molecule has 0 amide bonds. The number of H-pyrrole nitrogens is 1. The first-order valence-electron chi connectivity index (χ1n) is 11.9. The van der Waals surface area contributed by atoms with Crippen LogP contribution in [-0.4, -0.2) is 46.5 Å². The van der Waals surface area contributed by atoms with Gasteiger partial charge in [0.2, 0.25) is 5.82 Å². The summed E-state index contributed by atoms with van der Waals surface area (Å²) in [5, 5.41) is 28.4. The molecule has 4 rings (SSSR count). The number of hydrogen-bond donors (Lipinski definition) is 2. The lowest BCUT2D eigenvalue weighted by Gasteiger charge is -2.20. The van der Waals surface area contributed by atoms with Crippen LogP contribution >= 0.6 is 0 Å². The van der Waals surface area contributed by atoms with Crippen LogP contribution in [0.4, 0.5) is 0 Å². The second-order valence-corrected chi connectivity index (χ2v) is 9.40. The molecule has 0 saturated heterocycles. The van der Waals surface area contributed by atoms with Gasteiger partial charge in [-0.05, 0) is 40.7 Å². The highest BCUT2D eigenvalue weighted by molar-refractivity contribution is 5.80. The van der Waals surface area contributed by atoms with Gasteiger partial charge in [-0.25, -0.2) is 9.67 Å². The largest absolute Gasteiger partial charge is 0.481 e. The monoisotopic (exact) mass is 473 g/mol. The van der Waals surface area contributed by atoms with E-state index in [-0.39, 0.29) is 5.92 Å². The third kappa shape index (κ3) is 5.98. The van der Waals surface area contributed by atoms with Crippen LogP contribution in [0.5, 0.6) is 0 Å². The molecule has 9 heteroatoms. The molecule has 0 saturated carbocycles. The second-order valence-electron chi connectivity index (χ2n) is 9.40. The Bertz CT molecular complexity index is 1230. The van der Waals surface area contributed by atoms with E-state index in [2.05, 4.69) is 68.8 Å². The fourth-order valence-electron chi connectivity index (χ4n) is 4.29. The molecule has 182 valence electrons. The van der Waals surface area contributed by atoms with Gasteiger partial charge in [0, 0.05) is 11.5 Å². The number of nitrogens with zero attached hydrogens (tertiary/aromatic N) is 6. The maximum absolute atomic E-state index is 11.5. The van der Waals surface area contributed by atoms with Crippen LogP contribution in [0.15, 0.2) is 54.9 Å². The number of carboxylic acids is 1. The van der Waals surface area contributed by atoms with E-state index in [0.717, 1.165) is 40.9 Å². The first-order chi connectivity index (χ1) is 16.9. The number of aromatic amines is 1. The maximum atomic E-state index is 11.5. The molecule has 9 nitrogen and oxygen atoms in total. The van der Waals surface area contributed by atoms with Crippen LogP contribution in [0.2, 0.25) is 0 Å². The minimum Gasteiger partial charge on any atom is -0.481 e. The fraction of sp³-hybridized carbons (Fsp3) is 0.385. The first-order valence-corrected chi connectivity index (χ1v) is 11.9. The molecule has 35 heavy (non-hydrogen) atoms. The molecule has 2 aromatic heterocycles. The summed E-state index contributed by atoms with van der Waals surface area (Å²) in [5.41, 5.74) is 4.08. The predicted octanol–water partition coefficient (Wildman–Crippen LogP) is 4.80. The Morgan fingerprint density at radius 2 is 1.77 bits per heavy atom. The first kappa shape index (κ1) is 24.3. The third-order valence-electron chi connectivity index (χ3n) is 6.27. The van der Waals surface area contributed by atoms with Crippen LogP contribution in [0, 0.1) is 11.8 Å². The maximum Gasteiger partial charge on any atom is 0.306 e. The third-order valence-corrected chi connectivity index (χ3v) is 6.27. The molecule has 0 aliphatic carbocycles. The molecule has 2 unspecified atom stereocenters. The number of rotatable bonds is 11. The van der Waals surface area contributed by atoms with E-state index in [1.807, 2.05) is 28.9 Å². The van der Waals surface area contributed by atoms with Crippen LogP contribution in [0.25, 0.3) is 22.5 Å². The molecule has 2 atom stereocenters. The number of carbonyl (C=O) groups is 1. The van der Waals surface area contributed by atoms with Crippen molar-refractivity contribution in [3.63, 3.8) is 0 Å². The van der Waals surface area contributed by atoms with E-state index in [1.54, 1.807) is 13.3 Å². The minimum absolute atomic E-state index is 0.0483. The Morgan fingerprint density at radius 1 is 1.03 bits per heavy atom. The van der Waals surface area contributed by atoms with Crippen LogP contribution in [0.3, 0.4) is 0 Å². The lowest BCUT2D eigenvalue weighted by Crippen LogP contribution is -2.18. The number of tetrazole rings is 1. The predicted molar refractivity (Wildman–Crippen MR) is 132 cm³/mol. The van der Waals surface area contributed by atoms with Gasteiger partial charge in [0.05, 0.1) is 12.5 Å². The summed E-state index contributed by atoms with van der Waals surface area (Å²) in [6.45, 7) is 6.69. The van der Waals surface area contributed by atoms with E-state index in [0.29, 0.717) is 24.7 Å². The van der Waals surface area contributed by atoms with E-state index in [9.17, 15) is 9.90 Å². The Morgan fingerprint density at radius 3 is 2.43 bits per heavy atom. The zero-order valence-electron chi connectivity index (χ0n) is 20.3. The number of benzene rings is 2. The van der Waals surface area contributed by atoms with E-state index in [4.69, 9.17) is 0 Å². The van der Waals surface area contributed by atoms with Gasteiger partial charge in [0.15, 0.2) is 0 Å². The number of nitrogens with one attached hydrogen (secondary N) is 1. The van der Waals surface area contributed by atoms with E-state index >= 15 is 0 Å². The number of hydrogen-bond acceptors (Lipinski definition) is 6. The standard InChI is InChI=1S/C26H31N7O2/c1-17(2)8-11-21(14-18(3)26(34)35)25-27-16-28-33(25)15-19-9-12-20(13-10-19)22-6-4-5-7-23(22)24-29-31-32-30-24/h4-7,9-10,12-13,16-18,21H,8,11,14-15H2,1-3H3,(H,34,35)(H,29,30,31,32). The Kier molecular flexibility index (Phi) is 7.64. The number of aromatic nitrogens is 7. The second kappa shape index (κ2) is 11.0. The summed E-state index contributed by atoms with van der Waals surface area (Å²) in [4.78, 5) is 16.1. The molecule has 0 aliphatic heterocycles. The van der Waals surface area contributed by atoms with Crippen molar-refractivity contribution >= 4 is 5.97 Å². The zero-order valence-corrected chi connectivity index (χ0v) is 20.3. The summed E-state index contributed by atoms with van der Waals surface area (Å²) in [5.74, 6) is 0.785. The number of aliphatic carboxylic acids is 1. The zero-order chi connectivity index (χ0) is 24.8. The average Bonchev–Trinajstić information content (AvgIpc) is 3.54. The molecule has 2 N–H and O–H groups in total. The summed E-state index contributed by atoms with van der Waals surface area (Å²) in [6.07, 6.45) is 4.02. The van der Waals surface area contributed by atoms with Crippen molar-refractivity contribution in [1.82, 2.24) is 35.4 Å². The number of carboxylic acid groups (broad SMARTS) is 1. The molecule has 0 aliphatic rings. The highest BCUT2D eigenvalue weighted by Gasteiger charge is 2.24. The van der Waals surface area contributed by atoms with Crippen molar-refractivity contribution in [2.45, 2.75) is 52.5 Å². The van der Waals surface area contributed by atoms with Crippen LogP contribution in [0.1, 0.15) is 57.3 Å². The van der Waals surface area contributed by atoms with Gasteiger partial charge < -0.3 is 5.11 Å². The van der Waals surface area contributed by atoms with Crippen molar-refractivity contribution in [2.24, 2.45) is 11.8 Å². The van der Waals surface area contributed by atoms with E-state index in [1.165, 1.54) is 0 Å². The molecule has 2 aromatic carbocycles. The lowest BCUT2D eigenvalue weighted by molar-refractivity contribution is -0.141. The Balaban J connectivity index is 1.54. The highest BCUT2D eigenvalue weighted by atomic mass is 16.4. The van der Waals surface area contributed by atoms with Gasteiger partial charge in [-0.15, -0.1) is 10.2 Å². The van der Waals surface area contributed by atoms with Gasteiger partial charge in [-0.2, -0.15) is 10.3 Å². The summed E-state index contributed by atoms with van der Waals surface area (Å²) in [6, 6.07) is 16.3. The van der Waals surface area contributed by atoms with Gasteiger partial charge in [0.1, 0.15) is 12.2 Å². The van der Waals surface area contributed by atoms with Crippen molar-refractivity contribution in [1.29, 1.82) is 0 Å². The topological polar surface area (TPSA) is 122 Å². The van der Waals surface area contributed by atoms with Crippen molar-refractivity contribution in [3.05, 3.63) is 66.2 Å². The van der Waals surface area contributed by atoms with Crippen molar-refractivity contribution in [3.8, 4) is 22.5 Å². The normalized spacial score (nSPS) is 13.1. The van der Waals surface area contributed by atoms with Crippen LogP contribution < -0.4 is 0 Å². The van der Waals surface area contributed by atoms with Gasteiger partial charge >= 0.3 is 5.97 Å². The molecule has 0 spiro atoms. The molecule has 4 aromatic rings. The van der Waals surface area contributed by atoms with Crippen molar-refractivity contribution < 1.29 is 9.90 Å². The minimum atomic E-state index is -0.776. The van der Waals surface area contributed by atoms with Gasteiger partial charge in [0.25, 0.3) is 0 Å². The molecule has 2 heterocycles. The summed E-state index contributed by atoms with van der Waals surface area (Å²) in [7, 11) is 0. The van der Waals surface area contributed by atoms with Gasteiger partial charge in [-0.3, -0.25) is 4.79 Å². The highest BCUT2D eigenvalue weighted by Crippen LogP contribution is 2.31.